The van der Waals surface area contributed by atoms with Crippen molar-refractivity contribution in [3.05, 3.63) is 65.7 Å². The van der Waals surface area contributed by atoms with Crippen LogP contribution in [0.2, 0.25) is 0 Å². The van der Waals surface area contributed by atoms with Crippen LogP contribution < -0.4 is 15.8 Å². The van der Waals surface area contributed by atoms with Gasteiger partial charge in [0.1, 0.15) is 18.2 Å². The lowest BCUT2D eigenvalue weighted by atomic mass is 9.93. The first-order valence-corrected chi connectivity index (χ1v) is 12.7. The van der Waals surface area contributed by atoms with Crippen molar-refractivity contribution in [2.75, 3.05) is 26.2 Å². The summed E-state index contributed by atoms with van der Waals surface area (Å²) in [4.78, 5) is 32.5. The van der Waals surface area contributed by atoms with Gasteiger partial charge >= 0.3 is 24.3 Å². The summed E-state index contributed by atoms with van der Waals surface area (Å²) in [7, 11) is 0. The van der Waals surface area contributed by atoms with E-state index >= 15 is 0 Å². The zero-order valence-corrected chi connectivity index (χ0v) is 22.8. The number of hydrogen-bond donors (Lipinski definition) is 5. The number of halogens is 6. The SMILES string of the molecule is N=C(N)c1cccc(OCCNC(=O)CC2CCN(Cc3ccccc3)CC2)c1.O=C(O)C(F)(F)F.O=C(O)C(F)(F)F. The van der Waals surface area contributed by atoms with E-state index in [2.05, 4.69) is 34.5 Å². The lowest BCUT2D eigenvalue weighted by molar-refractivity contribution is -0.193. The molecule has 16 heteroatoms. The molecule has 6 N–H and O–H groups in total. The number of hydrogen-bond acceptors (Lipinski definition) is 6. The zero-order valence-electron chi connectivity index (χ0n) is 22.8. The lowest BCUT2D eigenvalue weighted by Crippen LogP contribution is -2.36. The van der Waals surface area contributed by atoms with Crippen molar-refractivity contribution in [1.82, 2.24) is 10.2 Å². The predicted octanol–water partition coefficient (Wildman–Crippen LogP) is 4.03. The van der Waals surface area contributed by atoms with Gasteiger partial charge in [-0.05, 0) is 49.5 Å². The number of aliphatic carboxylic acids is 2. The van der Waals surface area contributed by atoms with Crippen LogP contribution in [0.4, 0.5) is 26.3 Å². The molecule has 0 spiro atoms. The molecule has 43 heavy (non-hydrogen) atoms. The number of carbonyl (C=O) groups is 3. The second kappa shape index (κ2) is 17.6. The van der Waals surface area contributed by atoms with Gasteiger partial charge in [-0.15, -0.1) is 0 Å². The minimum Gasteiger partial charge on any atom is -0.492 e. The minimum absolute atomic E-state index is 0.0126. The fourth-order valence-electron chi connectivity index (χ4n) is 3.64. The third-order valence-corrected chi connectivity index (χ3v) is 5.75. The fourth-order valence-corrected chi connectivity index (χ4v) is 3.64. The third-order valence-electron chi connectivity index (χ3n) is 5.75. The van der Waals surface area contributed by atoms with Crippen LogP contribution in [0.1, 0.15) is 30.4 Å². The van der Waals surface area contributed by atoms with Crippen LogP contribution in [0.15, 0.2) is 54.6 Å². The molecule has 0 aromatic heterocycles. The number of nitrogens with two attached hydrogens (primary N) is 1. The molecule has 1 saturated heterocycles. The number of piperidine rings is 1. The Kier molecular flexibility index (Phi) is 15.0. The van der Waals surface area contributed by atoms with Gasteiger partial charge in [0.2, 0.25) is 5.91 Å². The minimum atomic E-state index is -5.08. The van der Waals surface area contributed by atoms with Gasteiger partial charge in [-0.2, -0.15) is 26.3 Å². The third kappa shape index (κ3) is 16.0. The van der Waals surface area contributed by atoms with Crippen LogP contribution in [-0.2, 0) is 20.9 Å². The highest BCUT2D eigenvalue weighted by molar-refractivity contribution is 5.95. The molecule has 238 valence electrons. The van der Waals surface area contributed by atoms with Crippen molar-refractivity contribution in [3.63, 3.8) is 0 Å². The van der Waals surface area contributed by atoms with Gasteiger partial charge < -0.3 is 26.0 Å². The van der Waals surface area contributed by atoms with Gasteiger partial charge in [0.25, 0.3) is 0 Å². The number of rotatable bonds is 9. The van der Waals surface area contributed by atoms with E-state index in [1.807, 2.05) is 12.1 Å². The summed E-state index contributed by atoms with van der Waals surface area (Å²) in [6.07, 6.45) is -7.46. The van der Waals surface area contributed by atoms with Crippen LogP contribution in [-0.4, -0.2) is 77.4 Å². The van der Waals surface area contributed by atoms with E-state index in [-0.39, 0.29) is 11.7 Å². The van der Waals surface area contributed by atoms with E-state index < -0.39 is 24.3 Å². The molecule has 1 heterocycles. The summed E-state index contributed by atoms with van der Waals surface area (Å²) in [6.45, 7) is 3.94. The first kappa shape index (κ1) is 36.7. The lowest BCUT2D eigenvalue weighted by Gasteiger charge is -2.31. The molecule has 0 aliphatic carbocycles. The van der Waals surface area contributed by atoms with E-state index in [9.17, 15) is 31.1 Å². The molecule has 2 aromatic rings. The molecule has 1 aliphatic rings. The Bertz CT molecular complexity index is 1160. The van der Waals surface area contributed by atoms with Crippen LogP contribution in [0.5, 0.6) is 5.75 Å². The molecule has 1 amide bonds. The number of nitrogen functional groups attached to an aromatic ring is 1. The molecule has 0 radical (unpaired) electrons. The molecule has 2 aromatic carbocycles. The van der Waals surface area contributed by atoms with Crippen molar-refractivity contribution < 1.29 is 55.7 Å². The molecular weight excluding hydrogens is 590 g/mol. The second-order valence-corrected chi connectivity index (χ2v) is 9.15. The average molecular weight is 623 g/mol. The summed E-state index contributed by atoms with van der Waals surface area (Å²) >= 11 is 0. The van der Waals surface area contributed by atoms with Crippen molar-refractivity contribution in [3.8, 4) is 5.75 Å². The van der Waals surface area contributed by atoms with E-state index in [0.29, 0.717) is 36.8 Å². The van der Waals surface area contributed by atoms with Crippen LogP contribution in [0.3, 0.4) is 0 Å². The highest BCUT2D eigenvalue weighted by atomic mass is 19.4. The van der Waals surface area contributed by atoms with E-state index in [1.54, 1.807) is 18.2 Å². The Morgan fingerprint density at radius 2 is 1.47 bits per heavy atom. The zero-order chi connectivity index (χ0) is 32.6. The summed E-state index contributed by atoms with van der Waals surface area (Å²) in [5, 5.41) is 24.6. The molecule has 1 fully saturated rings. The first-order valence-electron chi connectivity index (χ1n) is 12.7. The topological polar surface area (TPSA) is 166 Å². The van der Waals surface area contributed by atoms with E-state index in [4.69, 9.17) is 35.7 Å². The summed E-state index contributed by atoms with van der Waals surface area (Å²) in [5.41, 5.74) is 7.46. The molecule has 0 saturated carbocycles. The van der Waals surface area contributed by atoms with Crippen LogP contribution in [0.25, 0.3) is 0 Å². The Labute approximate surface area is 242 Å². The number of carbonyl (C=O) groups excluding carboxylic acids is 1. The molecule has 3 rings (SSSR count). The Morgan fingerprint density at radius 1 is 0.930 bits per heavy atom. The van der Waals surface area contributed by atoms with Crippen molar-refractivity contribution >= 4 is 23.7 Å². The number of carboxylic acid groups (broad SMARTS) is 2. The maximum Gasteiger partial charge on any atom is 0.490 e. The van der Waals surface area contributed by atoms with Crippen LogP contribution >= 0.6 is 0 Å². The molecule has 10 nitrogen and oxygen atoms in total. The van der Waals surface area contributed by atoms with Gasteiger partial charge in [0.15, 0.2) is 0 Å². The maximum atomic E-state index is 12.2. The number of carboxylic acids is 2. The fraction of sp³-hybridized carbons (Fsp3) is 0.407. The standard InChI is InChI=1S/C23H30N4O2.2C2HF3O2/c24-23(25)20-7-4-8-21(16-20)29-14-11-26-22(28)15-18-9-12-27(13-10-18)17-19-5-2-1-3-6-19;2*3-2(4,5)1(6)7/h1-8,16,18H,9-15,17H2,(H3,24,25)(H,26,28);2*(H,6,7). The summed E-state index contributed by atoms with van der Waals surface area (Å²) < 4.78 is 69.1. The molecule has 0 unspecified atom stereocenters. The number of nitrogens with one attached hydrogen (secondary N) is 2. The van der Waals surface area contributed by atoms with Gasteiger partial charge in [0, 0.05) is 18.5 Å². The maximum absolute atomic E-state index is 12.2. The van der Waals surface area contributed by atoms with Gasteiger partial charge in [-0.1, -0.05) is 42.5 Å². The number of benzene rings is 2. The van der Waals surface area contributed by atoms with E-state index in [0.717, 1.165) is 32.5 Å². The Balaban J connectivity index is 0.000000548. The summed E-state index contributed by atoms with van der Waals surface area (Å²) in [6, 6.07) is 17.6. The Morgan fingerprint density at radius 3 is 1.95 bits per heavy atom. The highest BCUT2D eigenvalue weighted by Crippen LogP contribution is 2.22. The first-order chi connectivity index (χ1) is 20.0. The number of ether oxygens (including phenoxy) is 1. The quantitative estimate of drug-likeness (QED) is 0.121. The van der Waals surface area contributed by atoms with Crippen molar-refractivity contribution in [1.29, 1.82) is 5.41 Å². The second-order valence-electron chi connectivity index (χ2n) is 9.15. The molecule has 1 aliphatic heterocycles. The highest BCUT2D eigenvalue weighted by Gasteiger charge is 2.38. The summed E-state index contributed by atoms with van der Waals surface area (Å²) in [5.74, 6) is -4.31. The number of nitrogens with zero attached hydrogens (tertiary/aromatic N) is 1. The van der Waals surface area contributed by atoms with Crippen molar-refractivity contribution in [2.24, 2.45) is 11.7 Å². The molecular formula is C27H32F6N4O6. The van der Waals surface area contributed by atoms with Gasteiger partial charge in [-0.25, -0.2) is 9.59 Å². The van der Waals surface area contributed by atoms with Crippen molar-refractivity contribution in [2.45, 2.75) is 38.2 Å². The van der Waals surface area contributed by atoms with Gasteiger partial charge in [-0.3, -0.25) is 15.1 Å². The van der Waals surface area contributed by atoms with E-state index in [1.165, 1.54) is 5.56 Å². The number of amidine groups is 1. The van der Waals surface area contributed by atoms with Crippen LogP contribution in [0, 0.1) is 11.3 Å². The number of amides is 1. The van der Waals surface area contributed by atoms with Gasteiger partial charge in [0.05, 0.1) is 6.54 Å². The number of alkyl halides is 6. The number of likely N-dealkylation sites (tertiary alicyclic amines) is 1. The normalized spacial score (nSPS) is 13.8. The monoisotopic (exact) mass is 622 g/mol. The molecule has 0 atom stereocenters. The average Bonchev–Trinajstić information content (AvgIpc) is 2.92. The smallest absolute Gasteiger partial charge is 0.490 e. The Hall–Kier alpha value is -4.34. The largest absolute Gasteiger partial charge is 0.492 e. The molecule has 0 bridgehead atoms. The predicted molar refractivity (Wildman–Crippen MR) is 142 cm³/mol.